The first kappa shape index (κ1) is 21.1. The normalized spacial score (nSPS) is 10.6. The maximum Gasteiger partial charge on any atom is 0.411 e. The third kappa shape index (κ3) is 5.71. The van der Waals surface area contributed by atoms with Crippen LogP contribution in [0.15, 0.2) is 48.5 Å². The van der Waals surface area contributed by atoms with E-state index in [4.69, 9.17) is 9.47 Å². The van der Waals surface area contributed by atoms with Crippen molar-refractivity contribution < 1.29 is 19.1 Å². The second kappa shape index (κ2) is 10.3. The first-order valence-corrected chi connectivity index (χ1v) is 9.56. The maximum atomic E-state index is 12.2. The number of anilines is 2. The van der Waals surface area contributed by atoms with E-state index in [1.807, 2.05) is 31.2 Å². The number of benzene rings is 2. The zero-order valence-corrected chi connectivity index (χ0v) is 17.0. The van der Waals surface area contributed by atoms with Gasteiger partial charge >= 0.3 is 12.1 Å². The van der Waals surface area contributed by atoms with E-state index in [0.29, 0.717) is 31.1 Å². The Hall–Kier alpha value is -3.59. The van der Waals surface area contributed by atoms with Gasteiger partial charge in [-0.15, -0.1) is 0 Å². The van der Waals surface area contributed by atoms with E-state index in [0.717, 1.165) is 16.9 Å². The number of ether oxygens (including phenoxy) is 2. The van der Waals surface area contributed by atoms with Crippen LogP contribution in [-0.2, 0) is 16.0 Å². The number of hydrogen-bond acceptors (Lipinski definition) is 5. The van der Waals surface area contributed by atoms with Crippen molar-refractivity contribution in [1.29, 1.82) is 0 Å². The lowest BCUT2D eigenvalue weighted by Crippen LogP contribution is -2.31. The van der Waals surface area contributed by atoms with E-state index in [9.17, 15) is 9.59 Å². The number of hydrogen-bond donors (Lipinski definition) is 3. The molecule has 0 saturated carbocycles. The van der Waals surface area contributed by atoms with Gasteiger partial charge in [-0.1, -0.05) is 18.2 Å². The van der Waals surface area contributed by atoms with Gasteiger partial charge in [-0.25, -0.2) is 14.6 Å². The average Bonchev–Trinajstić information content (AvgIpc) is 3.04. The summed E-state index contributed by atoms with van der Waals surface area (Å²) in [6.45, 7) is 3.47. The predicted octanol–water partition coefficient (Wildman–Crippen LogP) is 3.36. The second-order valence-electron chi connectivity index (χ2n) is 6.51. The summed E-state index contributed by atoms with van der Waals surface area (Å²) in [5.74, 6) is 0.898. The van der Waals surface area contributed by atoms with Crippen LogP contribution in [0.25, 0.3) is 11.0 Å². The Balaban J connectivity index is 1.49. The Labute approximate surface area is 174 Å². The standard InChI is InChI=1S/C21H25N5O4/c1-15-23-18-8-3-4-9-19(18)26(15)11-10-22-20(27)24-16-6-5-7-17(14-16)25-21(28)30-13-12-29-2/h3-9,14H,10-13H2,1-2H3,(H,25,28)(H2,22,24,27). The van der Waals surface area contributed by atoms with E-state index in [1.54, 1.807) is 24.3 Å². The van der Waals surface area contributed by atoms with Crippen molar-refractivity contribution in [1.82, 2.24) is 14.9 Å². The molecule has 0 unspecified atom stereocenters. The number of rotatable bonds is 8. The summed E-state index contributed by atoms with van der Waals surface area (Å²) in [4.78, 5) is 28.4. The van der Waals surface area contributed by atoms with Crippen LogP contribution in [0.4, 0.5) is 21.0 Å². The molecule has 3 amide bonds. The molecule has 0 saturated heterocycles. The Morgan fingerprint density at radius 1 is 1.03 bits per heavy atom. The minimum atomic E-state index is -0.587. The van der Waals surface area contributed by atoms with Gasteiger partial charge in [-0.05, 0) is 37.3 Å². The molecule has 0 bridgehead atoms. The van der Waals surface area contributed by atoms with Crippen LogP contribution in [0.1, 0.15) is 5.82 Å². The van der Waals surface area contributed by atoms with Gasteiger partial charge in [0.05, 0.1) is 17.6 Å². The highest BCUT2D eigenvalue weighted by Crippen LogP contribution is 2.16. The molecule has 30 heavy (non-hydrogen) atoms. The second-order valence-corrected chi connectivity index (χ2v) is 6.51. The molecule has 1 aromatic heterocycles. The van der Waals surface area contributed by atoms with Crippen molar-refractivity contribution >= 4 is 34.5 Å². The van der Waals surface area contributed by atoms with Gasteiger partial charge in [-0.2, -0.15) is 0 Å². The van der Waals surface area contributed by atoms with Crippen molar-refractivity contribution in [3.05, 3.63) is 54.4 Å². The number of nitrogens with one attached hydrogen (secondary N) is 3. The number of nitrogens with zero attached hydrogens (tertiary/aromatic N) is 2. The number of aryl methyl sites for hydroxylation is 1. The third-order valence-electron chi connectivity index (χ3n) is 4.35. The topological polar surface area (TPSA) is 107 Å². The molecule has 3 rings (SSSR count). The van der Waals surface area contributed by atoms with E-state index in [1.165, 1.54) is 7.11 Å². The molecule has 9 nitrogen and oxygen atoms in total. The fraction of sp³-hybridized carbons (Fsp3) is 0.286. The highest BCUT2D eigenvalue weighted by molar-refractivity contribution is 5.91. The number of carbonyl (C=O) groups excluding carboxylic acids is 2. The molecule has 0 fully saturated rings. The number of methoxy groups -OCH3 is 1. The number of urea groups is 1. The van der Waals surface area contributed by atoms with Gasteiger partial charge in [0.1, 0.15) is 12.4 Å². The number of fused-ring (bicyclic) bond motifs is 1. The molecule has 0 spiro atoms. The number of imidazole rings is 1. The molecule has 1 heterocycles. The van der Waals surface area contributed by atoms with E-state index in [2.05, 4.69) is 25.5 Å². The number of amides is 3. The molecule has 2 aromatic carbocycles. The van der Waals surface area contributed by atoms with Gasteiger partial charge in [0, 0.05) is 31.6 Å². The molecular weight excluding hydrogens is 386 g/mol. The van der Waals surface area contributed by atoms with Crippen molar-refractivity contribution in [3.8, 4) is 0 Å². The zero-order valence-electron chi connectivity index (χ0n) is 17.0. The summed E-state index contributed by atoms with van der Waals surface area (Å²) in [5.41, 5.74) is 3.03. The highest BCUT2D eigenvalue weighted by atomic mass is 16.6. The van der Waals surface area contributed by atoms with Gasteiger partial charge in [-0.3, -0.25) is 5.32 Å². The van der Waals surface area contributed by atoms with E-state index >= 15 is 0 Å². The van der Waals surface area contributed by atoms with E-state index in [-0.39, 0.29) is 12.6 Å². The minimum Gasteiger partial charge on any atom is -0.447 e. The smallest absolute Gasteiger partial charge is 0.411 e. The molecule has 158 valence electrons. The van der Waals surface area contributed by atoms with Crippen LogP contribution in [0.3, 0.4) is 0 Å². The van der Waals surface area contributed by atoms with Crippen molar-refractivity contribution in [2.45, 2.75) is 13.5 Å². The average molecular weight is 411 g/mol. The summed E-state index contributed by atoms with van der Waals surface area (Å²) in [6.07, 6.45) is -0.587. The van der Waals surface area contributed by atoms with Crippen LogP contribution >= 0.6 is 0 Å². The predicted molar refractivity (Wildman–Crippen MR) is 115 cm³/mol. The fourth-order valence-electron chi connectivity index (χ4n) is 2.98. The lowest BCUT2D eigenvalue weighted by atomic mass is 10.3. The van der Waals surface area contributed by atoms with Crippen LogP contribution in [0, 0.1) is 6.92 Å². The zero-order chi connectivity index (χ0) is 21.3. The number of para-hydroxylation sites is 2. The first-order chi connectivity index (χ1) is 14.6. The summed E-state index contributed by atoms with van der Waals surface area (Å²) in [6, 6.07) is 14.4. The molecule has 0 aliphatic carbocycles. The largest absolute Gasteiger partial charge is 0.447 e. The molecule has 0 atom stereocenters. The number of carbonyl (C=O) groups is 2. The summed E-state index contributed by atoms with van der Waals surface area (Å²) in [5, 5.41) is 8.18. The monoisotopic (exact) mass is 411 g/mol. The van der Waals surface area contributed by atoms with E-state index < -0.39 is 6.09 Å². The molecule has 0 aliphatic rings. The molecule has 0 radical (unpaired) electrons. The van der Waals surface area contributed by atoms with Gasteiger partial charge in [0.15, 0.2) is 0 Å². The van der Waals surface area contributed by atoms with Gasteiger partial charge < -0.3 is 24.7 Å². The summed E-state index contributed by atoms with van der Waals surface area (Å²) >= 11 is 0. The minimum absolute atomic E-state index is 0.161. The molecular formula is C21H25N5O4. The van der Waals surface area contributed by atoms with Crippen LogP contribution in [0.5, 0.6) is 0 Å². The van der Waals surface area contributed by atoms with Crippen LogP contribution in [0.2, 0.25) is 0 Å². The summed E-state index contributed by atoms with van der Waals surface area (Å²) in [7, 11) is 1.53. The van der Waals surface area contributed by atoms with Crippen LogP contribution < -0.4 is 16.0 Å². The van der Waals surface area contributed by atoms with Crippen LogP contribution in [-0.4, -0.2) is 48.5 Å². The molecule has 0 aliphatic heterocycles. The highest BCUT2D eigenvalue weighted by Gasteiger charge is 2.08. The summed E-state index contributed by atoms with van der Waals surface area (Å²) < 4.78 is 11.8. The lowest BCUT2D eigenvalue weighted by Gasteiger charge is -2.11. The Kier molecular flexibility index (Phi) is 7.23. The quantitative estimate of drug-likeness (QED) is 0.493. The Bertz CT molecular complexity index is 1020. The molecule has 3 aromatic rings. The Morgan fingerprint density at radius 2 is 1.80 bits per heavy atom. The molecule has 9 heteroatoms. The number of aromatic nitrogens is 2. The van der Waals surface area contributed by atoms with Crippen molar-refractivity contribution in [2.75, 3.05) is 37.5 Å². The van der Waals surface area contributed by atoms with Gasteiger partial charge in [0.25, 0.3) is 0 Å². The fourth-order valence-corrected chi connectivity index (χ4v) is 2.98. The maximum absolute atomic E-state index is 12.2. The third-order valence-corrected chi connectivity index (χ3v) is 4.35. The molecule has 3 N–H and O–H groups in total. The SMILES string of the molecule is COCCOC(=O)Nc1cccc(NC(=O)NCCn2c(C)nc3ccccc32)c1. The first-order valence-electron chi connectivity index (χ1n) is 9.56. The van der Waals surface area contributed by atoms with Crippen molar-refractivity contribution in [3.63, 3.8) is 0 Å². The van der Waals surface area contributed by atoms with Crippen molar-refractivity contribution in [2.24, 2.45) is 0 Å². The Morgan fingerprint density at radius 3 is 2.60 bits per heavy atom. The van der Waals surface area contributed by atoms with Gasteiger partial charge in [0.2, 0.25) is 0 Å². The lowest BCUT2D eigenvalue weighted by molar-refractivity contribution is 0.107.